The van der Waals surface area contributed by atoms with E-state index in [-0.39, 0.29) is 0 Å². The molecule has 0 heterocycles. The third kappa shape index (κ3) is 5.37. The monoisotopic (exact) mass is 410 g/mol. The van der Waals surface area contributed by atoms with E-state index in [0.29, 0.717) is 28.8 Å². The van der Waals surface area contributed by atoms with Crippen molar-refractivity contribution in [3.05, 3.63) is 53.1 Å². The predicted octanol–water partition coefficient (Wildman–Crippen LogP) is 3.84. The fourth-order valence-corrected chi connectivity index (χ4v) is 3.92. The van der Waals surface area contributed by atoms with Crippen molar-refractivity contribution in [1.82, 2.24) is 0 Å². The molecule has 2 aromatic carbocycles. The zero-order chi connectivity index (χ0) is 20.2. The van der Waals surface area contributed by atoms with Crippen molar-refractivity contribution in [2.75, 3.05) is 22.5 Å². The second-order valence-electron chi connectivity index (χ2n) is 6.11. The maximum absolute atomic E-state index is 12.7. The molecule has 0 bridgehead atoms. The van der Waals surface area contributed by atoms with Crippen LogP contribution in [0.15, 0.2) is 42.5 Å². The lowest BCUT2D eigenvalue weighted by Crippen LogP contribution is -2.45. The normalized spacial score (nSPS) is 12.3. The van der Waals surface area contributed by atoms with Crippen LogP contribution in [0.5, 0.6) is 5.75 Å². The van der Waals surface area contributed by atoms with Gasteiger partial charge < -0.3 is 10.1 Å². The van der Waals surface area contributed by atoms with Crippen molar-refractivity contribution >= 4 is 38.9 Å². The van der Waals surface area contributed by atoms with Gasteiger partial charge in [0.2, 0.25) is 15.9 Å². The van der Waals surface area contributed by atoms with E-state index in [0.717, 1.165) is 16.1 Å². The molecule has 2 rings (SSSR count). The van der Waals surface area contributed by atoms with Crippen LogP contribution in [-0.4, -0.2) is 33.2 Å². The van der Waals surface area contributed by atoms with Gasteiger partial charge in [-0.25, -0.2) is 8.42 Å². The summed E-state index contributed by atoms with van der Waals surface area (Å²) in [7, 11) is -3.70. The molecular formula is C19H23ClN2O4S. The number of carbonyl (C=O) groups is 1. The maximum Gasteiger partial charge on any atom is 0.247 e. The number of anilines is 2. The molecule has 0 saturated carbocycles. The van der Waals surface area contributed by atoms with Gasteiger partial charge in [-0.3, -0.25) is 9.10 Å². The molecule has 8 heteroatoms. The first-order valence-corrected chi connectivity index (χ1v) is 10.7. The van der Waals surface area contributed by atoms with Gasteiger partial charge in [0.05, 0.1) is 18.6 Å². The van der Waals surface area contributed by atoms with Gasteiger partial charge in [-0.15, -0.1) is 0 Å². The molecule has 0 saturated heterocycles. The van der Waals surface area contributed by atoms with Crippen LogP contribution in [0.25, 0.3) is 0 Å². The first-order valence-electron chi connectivity index (χ1n) is 8.42. The Bertz CT molecular complexity index is 914. The minimum absolute atomic E-state index is 0.336. The standard InChI is InChI=1S/C19H23ClN2O4S/c1-5-26-17-10-7-15(8-11-17)21-19(23)14(3)22(27(4,24)25)16-9-6-13(2)18(20)12-16/h6-12,14H,5H2,1-4H3,(H,21,23)/t14-/m1/s1. The van der Waals surface area contributed by atoms with Crippen molar-refractivity contribution < 1.29 is 17.9 Å². The molecule has 0 unspecified atom stereocenters. The number of carbonyl (C=O) groups excluding carboxylic acids is 1. The lowest BCUT2D eigenvalue weighted by Gasteiger charge is -2.28. The van der Waals surface area contributed by atoms with Crippen LogP contribution in [-0.2, 0) is 14.8 Å². The number of benzene rings is 2. The first kappa shape index (κ1) is 21.1. The van der Waals surface area contributed by atoms with Gasteiger partial charge in [0, 0.05) is 10.7 Å². The third-order valence-electron chi connectivity index (χ3n) is 3.93. The van der Waals surface area contributed by atoms with Crippen molar-refractivity contribution in [1.29, 1.82) is 0 Å². The molecule has 0 fully saturated rings. The number of sulfonamides is 1. The van der Waals surface area contributed by atoms with Crippen LogP contribution in [0.1, 0.15) is 19.4 Å². The highest BCUT2D eigenvalue weighted by molar-refractivity contribution is 7.92. The van der Waals surface area contributed by atoms with Gasteiger partial charge in [-0.1, -0.05) is 17.7 Å². The van der Waals surface area contributed by atoms with Crippen LogP contribution >= 0.6 is 11.6 Å². The fourth-order valence-electron chi connectivity index (χ4n) is 2.58. The number of halogens is 1. The van der Waals surface area contributed by atoms with Gasteiger partial charge in [-0.2, -0.15) is 0 Å². The number of amides is 1. The highest BCUT2D eigenvalue weighted by Crippen LogP contribution is 2.27. The lowest BCUT2D eigenvalue weighted by molar-refractivity contribution is -0.116. The molecule has 1 amide bonds. The van der Waals surface area contributed by atoms with Crippen molar-refractivity contribution in [3.63, 3.8) is 0 Å². The largest absolute Gasteiger partial charge is 0.494 e. The average molecular weight is 411 g/mol. The van der Waals surface area contributed by atoms with Crippen LogP contribution in [0.4, 0.5) is 11.4 Å². The maximum atomic E-state index is 12.7. The van der Waals surface area contributed by atoms with Crippen molar-refractivity contribution in [2.24, 2.45) is 0 Å². The average Bonchev–Trinajstić information content (AvgIpc) is 2.59. The highest BCUT2D eigenvalue weighted by Gasteiger charge is 2.29. The summed E-state index contributed by atoms with van der Waals surface area (Å²) in [6.45, 7) is 5.78. The molecule has 0 aliphatic heterocycles. The highest BCUT2D eigenvalue weighted by atomic mass is 35.5. The molecule has 2 aromatic rings. The Labute approximate surface area is 165 Å². The summed E-state index contributed by atoms with van der Waals surface area (Å²) in [6.07, 6.45) is 1.06. The Morgan fingerprint density at radius 2 is 1.85 bits per heavy atom. The summed E-state index contributed by atoms with van der Waals surface area (Å²) in [5.41, 5.74) is 1.70. The molecule has 0 aliphatic carbocycles. The van der Waals surface area contributed by atoms with Gasteiger partial charge in [0.25, 0.3) is 0 Å². The number of hydrogen-bond acceptors (Lipinski definition) is 4. The number of aryl methyl sites for hydroxylation is 1. The molecular weight excluding hydrogens is 388 g/mol. The molecule has 6 nitrogen and oxygen atoms in total. The van der Waals surface area contributed by atoms with Gasteiger partial charge in [0.1, 0.15) is 11.8 Å². The number of ether oxygens (including phenoxy) is 1. The van der Waals surface area contributed by atoms with E-state index >= 15 is 0 Å². The zero-order valence-electron chi connectivity index (χ0n) is 15.7. The third-order valence-corrected chi connectivity index (χ3v) is 5.58. The Hall–Kier alpha value is -2.25. The summed E-state index contributed by atoms with van der Waals surface area (Å²) in [5, 5.41) is 3.16. The van der Waals surface area contributed by atoms with E-state index in [1.807, 2.05) is 13.8 Å². The molecule has 0 aliphatic rings. The van der Waals surface area contributed by atoms with Crippen molar-refractivity contribution in [3.8, 4) is 5.75 Å². The molecule has 0 aromatic heterocycles. The van der Waals surface area contributed by atoms with Crippen LogP contribution in [0.3, 0.4) is 0 Å². The minimum Gasteiger partial charge on any atom is -0.494 e. The molecule has 146 valence electrons. The Morgan fingerprint density at radius 3 is 2.37 bits per heavy atom. The fraction of sp³-hybridized carbons (Fsp3) is 0.316. The quantitative estimate of drug-likeness (QED) is 0.752. The van der Waals surface area contributed by atoms with E-state index in [2.05, 4.69) is 5.32 Å². The SMILES string of the molecule is CCOc1ccc(NC(=O)[C@@H](C)N(c2ccc(C)c(Cl)c2)S(C)(=O)=O)cc1. The van der Waals surface area contributed by atoms with Crippen molar-refractivity contribution in [2.45, 2.75) is 26.8 Å². The number of nitrogens with zero attached hydrogens (tertiary/aromatic N) is 1. The number of hydrogen-bond donors (Lipinski definition) is 1. The van der Waals surface area contributed by atoms with Gasteiger partial charge in [-0.05, 0) is 62.7 Å². The van der Waals surface area contributed by atoms with E-state index < -0.39 is 22.0 Å². The van der Waals surface area contributed by atoms with Gasteiger partial charge >= 0.3 is 0 Å². The van der Waals surface area contributed by atoms with Crippen LogP contribution < -0.4 is 14.4 Å². The van der Waals surface area contributed by atoms with E-state index in [9.17, 15) is 13.2 Å². The van der Waals surface area contributed by atoms with E-state index in [4.69, 9.17) is 16.3 Å². The molecule has 0 radical (unpaired) electrons. The van der Waals surface area contributed by atoms with E-state index in [1.54, 1.807) is 42.5 Å². The smallest absolute Gasteiger partial charge is 0.247 e. The van der Waals surface area contributed by atoms with Crippen LogP contribution in [0.2, 0.25) is 5.02 Å². The van der Waals surface area contributed by atoms with Gasteiger partial charge in [0.15, 0.2) is 0 Å². The molecule has 1 N–H and O–H groups in total. The second kappa shape index (κ2) is 8.63. The van der Waals surface area contributed by atoms with Crippen LogP contribution in [0, 0.1) is 6.92 Å². The Kier molecular flexibility index (Phi) is 6.73. The second-order valence-corrected chi connectivity index (χ2v) is 8.38. The summed E-state index contributed by atoms with van der Waals surface area (Å²) in [6, 6.07) is 10.8. The Balaban J connectivity index is 2.25. The summed E-state index contributed by atoms with van der Waals surface area (Å²) in [5.74, 6) is 0.233. The molecule has 1 atom stereocenters. The zero-order valence-corrected chi connectivity index (χ0v) is 17.3. The lowest BCUT2D eigenvalue weighted by atomic mass is 10.2. The predicted molar refractivity (Wildman–Crippen MR) is 109 cm³/mol. The van der Waals surface area contributed by atoms with E-state index in [1.165, 1.54) is 6.92 Å². The summed E-state index contributed by atoms with van der Waals surface area (Å²) >= 11 is 6.13. The number of rotatable bonds is 7. The number of nitrogens with one attached hydrogen (secondary N) is 1. The minimum atomic E-state index is -3.70. The first-order chi connectivity index (χ1) is 12.6. The summed E-state index contributed by atoms with van der Waals surface area (Å²) < 4.78 is 31.1. The Morgan fingerprint density at radius 1 is 1.22 bits per heavy atom. The topological polar surface area (TPSA) is 75.7 Å². The molecule has 27 heavy (non-hydrogen) atoms. The summed E-state index contributed by atoms with van der Waals surface area (Å²) in [4.78, 5) is 12.7. The molecule has 0 spiro atoms.